The highest BCUT2D eigenvalue weighted by Crippen LogP contribution is 2.33. The van der Waals surface area contributed by atoms with Crippen LogP contribution in [0.1, 0.15) is 67.8 Å². The maximum atomic E-state index is 13.3. The average molecular weight is 276 g/mol. The van der Waals surface area contributed by atoms with Gasteiger partial charge in [-0.1, -0.05) is 26.2 Å². The summed E-state index contributed by atoms with van der Waals surface area (Å²) in [4.78, 5) is 12.5. The number of carbonyl (C=O) groups excluding carboxylic acids is 1. The van der Waals surface area contributed by atoms with Gasteiger partial charge in [-0.15, -0.1) is 0 Å². The zero-order chi connectivity index (χ0) is 14.5. The van der Waals surface area contributed by atoms with Crippen LogP contribution in [0.4, 0.5) is 4.39 Å². The van der Waals surface area contributed by atoms with E-state index in [1.165, 1.54) is 38.2 Å². The second-order valence-corrected chi connectivity index (χ2v) is 6.19. The summed E-state index contributed by atoms with van der Waals surface area (Å²) in [5.41, 5.74) is 1.24. The topological polar surface area (TPSA) is 17.1 Å². The van der Waals surface area contributed by atoms with Gasteiger partial charge in [0, 0.05) is 11.5 Å². The van der Waals surface area contributed by atoms with E-state index in [1.54, 1.807) is 19.1 Å². The Morgan fingerprint density at radius 1 is 1.25 bits per heavy atom. The molecule has 0 bridgehead atoms. The average Bonchev–Trinajstić information content (AvgIpc) is 2.48. The van der Waals surface area contributed by atoms with Crippen molar-refractivity contribution in [1.29, 1.82) is 0 Å². The third kappa shape index (κ3) is 3.68. The molecule has 2 heteroatoms. The van der Waals surface area contributed by atoms with Crippen LogP contribution in [-0.4, -0.2) is 5.78 Å². The number of halogens is 1. The van der Waals surface area contributed by atoms with Gasteiger partial charge in [0.15, 0.2) is 5.78 Å². The molecular weight excluding hydrogens is 251 g/mol. The first kappa shape index (κ1) is 15.2. The number of Topliss-reactive ketones (excluding diaryl/α,β-unsaturated/α-hetero) is 1. The van der Waals surface area contributed by atoms with E-state index in [1.807, 2.05) is 0 Å². The van der Waals surface area contributed by atoms with E-state index in [0.29, 0.717) is 11.1 Å². The van der Waals surface area contributed by atoms with Crippen LogP contribution in [0.5, 0.6) is 0 Å². The summed E-state index contributed by atoms with van der Waals surface area (Å²) in [6.45, 7) is 3.94. The second-order valence-electron chi connectivity index (χ2n) is 6.19. The van der Waals surface area contributed by atoms with E-state index < -0.39 is 0 Å². The Morgan fingerprint density at radius 2 is 1.95 bits per heavy atom. The summed E-state index contributed by atoms with van der Waals surface area (Å²) in [6, 6.07) is 4.74. The van der Waals surface area contributed by atoms with Crippen LogP contribution in [0.3, 0.4) is 0 Å². The number of hydrogen-bond acceptors (Lipinski definition) is 1. The molecule has 0 heterocycles. The zero-order valence-corrected chi connectivity index (χ0v) is 12.6. The van der Waals surface area contributed by atoms with Crippen molar-refractivity contribution in [2.75, 3.05) is 0 Å². The fourth-order valence-corrected chi connectivity index (χ4v) is 3.24. The quantitative estimate of drug-likeness (QED) is 0.666. The summed E-state index contributed by atoms with van der Waals surface area (Å²) in [5.74, 6) is 0.943. The molecule has 1 aliphatic rings. The lowest BCUT2D eigenvalue weighted by atomic mass is 9.77. The molecule has 0 unspecified atom stereocenters. The maximum absolute atomic E-state index is 13.3. The van der Waals surface area contributed by atoms with Crippen molar-refractivity contribution in [1.82, 2.24) is 0 Å². The molecular formula is C18H25FO. The highest BCUT2D eigenvalue weighted by atomic mass is 19.1. The van der Waals surface area contributed by atoms with Crippen molar-refractivity contribution < 1.29 is 9.18 Å². The van der Waals surface area contributed by atoms with Gasteiger partial charge in [-0.05, 0) is 62.3 Å². The number of carbonyl (C=O) groups is 1. The molecule has 1 aliphatic carbocycles. The lowest BCUT2D eigenvalue weighted by Gasteiger charge is -2.27. The number of rotatable bonds is 5. The minimum atomic E-state index is -0.232. The van der Waals surface area contributed by atoms with Gasteiger partial charge in [0.25, 0.3) is 0 Å². The Balaban J connectivity index is 1.92. The SMILES string of the molecule is CCCCC1CCC(C(=O)c2ccc(F)c(C)c2)CC1. The van der Waals surface area contributed by atoms with Crippen molar-refractivity contribution in [3.63, 3.8) is 0 Å². The Bertz CT molecular complexity index is 458. The lowest BCUT2D eigenvalue weighted by Crippen LogP contribution is -2.22. The van der Waals surface area contributed by atoms with Gasteiger partial charge >= 0.3 is 0 Å². The van der Waals surface area contributed by atoms with Gasteiger partial charge in [0.05, 0.1) is 0 Å². The summed E-state index contributed by atoms with van der Waals surface area (Å²) in [7, 11) is 0. The molecule has 1 aromatic rings. The number of unbranched alkanes of at least 4 members (excludes halogenated alkanes) is 1. The minimum Gasteiger partial charge on any atom is -0.294 e. The van der Waals surface area contributed by atoms with E-state index in [0.717, 1.165) is 18.8 Å². The molecule has 0 saturated heterocycles. The highest BCUT2D eigenvalue weighted by Gasteiger charge is 2.26. The molecule has 0 atom stereocenters. The van der Waals surface area contributed by atoms with E-state index in [2.05, 4.69) is 6.92 Å². The largest absolute Gasteiger partial charge is 0.294 e. The van der Waals surface area contributed by atoms with Crippen molar-refractivity contribution in [3.05, 3.63) is 35.1 Å². The number of ketones is 1. The molecule has 0 radical (unpaired) electrons. The van der Waals surface area contributed by atoms with E-state index in [-0.39, 0.29) is 17.5 Å². The minimum absolute atomic E-state index is 0.151. The smallest absolute Gasteiger partial charge is 0.165 e. The summed E-state index contributed by atoms with van der Waals surface area (Å²) >= 11 is 0. The first-order valence-corrected chi connectivity index (χ1v) is 7.92. The van der Waals surface area contributed by atoms with Crippen LogP contribution < -0.4 is 0 Å². The van der Waals surface area contributed by atoms with Crippen LogP contribution in [-0.2, 0) is 0 Å². The van der Waals surface area contributed by atoms with Gasteiger partial charge in [-0.3, -0.25) is 4.79 Å². The maximum Gasteiger partial charge on any atom is 0.165 e. The highest BCUT2D eigenvalue weighted by molar-refractivity contribution is 5.98. The van der Waals surface area contributed by atoms with Gasteiger partial charge < -0.3 is 0 Å². The third-order valence-electron chi connectivity index (χ3n) is 4.63. The van der Waals surface area contributed by atoms with E-state index in [4.69, 9.17) is 0 Å². The summed E-state index contributed by atoms with van der Waals surface area (Å²) < 4.78 is 13.3. The van der Waals surface area contributed by atoms with Gasteiger partial charge in [0.1, 0.15) is 5.82 Å². The summed E-state index contributed by atoms with van der Waals surface area (Å²) in [5, 5.41) is 0. The lowest BCUT2D eigenvalue weighted by molar-refractivity contribution is 0.0869. The van der Waals surface area contributed by atoms with Crippen LogP contribution in [0.25, 0.3) is 0 Å². The predicted octanol–water partition coefficient (Wildman–Crippen LogP) is 5.31. The molecule has 20 heavy (non-hydrogen) atoms. The molecule has 0 N–H and O–H groups in total. The van der Waals surface area contributed by atoms with E-state index in [9.17, 15) is 9.18 Å². The molecule has 0 spiro atoms. The molecule has 1 fully saturated rings. The van der Waals surface area contributed by atoms with Crippen molar-refractivity contribution in [2.24, 2.45) is 11.8 Å². The van der Waals surface area contributed by atoms with Crippen LogP contribution in [0.2, 0.25) is 0 Å². The normalized spacial score (nSPS) is 22.8. The Kier molecular flexibility index (Phi) is 5.33. The van der Waals surface area contributed by atoms with Crippen molar-refractivity contribution >= 4 is 5.78 Å². The zero-order valence-electron chi connectivity index (χ0n) is 12.6. The van der Waals surface area contributed by atoms with Gasteiger partial charge in [-0.25, -0.2) is 4.39 Å². The molecule has 110 valence electrons. The Hall–Kier alpha value is -1.18. The number of aryl methyl sites for hydroxylation is 1. The van der Waals surface area contributed by atoms with Crippen molar-refractivity contribution in [3.8, 4) is 0 Å². The molecule has 0 aliphatic heterocycles. The molecule has 1 aromatic carbocycles. The van der Waals surface area contributed by atoms with Gasteiger partial charge in [-0.2, -0.15) is 0 Å². The van der Waals surface area contributed by atoms with E-state index >= 15 is 0 Å². The third-order valence-corrected chi connectivity index (χ3v) is 4.63. The summed E-state index contributed by atoms with van der Waals surface area (Å²) in [6.07, 6.45) is 8.24. The van der Waals surface area contributed by atoms with Gasteiger partial charge in [0.2, 0.25) is 0 Å². The predicted molar refractivity (Wildman–Crippen MR) is 80.4 cm³/mol. The van der Waals surface area contributed by atoms with Crippen LogP contribution in [0, 0.1) is 24.6 Å². The Labute approximate surface area is 121 Å². The molecule has 0 aromatic heterocycles. The van der Waals surface area contributed by atoms with Crippen molar-refractivity contribution in [2.45, 2.75) is 58.8 Å². The monoisotopic (exact) mass is 276 g/mol. The van der Waals surface area contributed by atoms with Crippen LogP contribution in [0.15, 0.2) is 18.2 Å². The molecule has 1 nitrogen and oxygen atoms in total. The standard InChI is InChI=1S/C18H25FO/c1-3-4-5-14-6-8-15(9-7-14)18(20)16-10-11-17(19)13(2)12-16/h10-12,14-15H,3-9H2,1-2H3. The first-order chi connectivity index (χ1) is 9.61. The Morgan fingerprint density at radius 3 is 2.55 bits per heavy atom. The molecule has 0 amide bonds. The number of benzene rings is 1. The fourth-order valence-electron chi connectivity index (χ4n) is 3.24. The first-order valence-electron chi connectivity index (χ1n) is 7.92. The van der Waals surface area contributed by atoms with Crippen LogP contribution >= 0.6 is 0 Å². The molecule has 1 saturated carbocycles. The fraction of sp³-hybridized carbons (Fsp3) is 0.611. The molecule has 2 rings (SSSR count). The second kappa shape index (κ2) is 7.01. The number of hydrogen-bond donors (Lipinski definition) is 0.